The maximum Gasteiger partial charge on any atom is 0.264 e. The van der Waals surface area contributed by atoms with Gasteiger partial charge in [0.15, 0.2) is 11.7 Å². The predicted octanol–water partition coefficient (Wildman–Crippen LogP) is 4.70. The van der Waals surface area contributed by atoms with E-state index in [9.17, 15) is 4.79 Å². The quantitative estimate of drug-likeness (QED) is 0.725. The van der Waals surface area contributed by atoms with Crippen LogP contribution in [-0.4, -0.2) is 17.5 Å². The number of para-hydroxylation sites is 1. The van der Waals surface area contributed by atoms with Crippen LogP contribution in [0.5, 0.6) is 5.75 Å². The molecule has 0 bridgehead atoms. The molecule has 1 N–H and O–H groups in total. The van der Waals surface area contributed by atoms with Crippen molar-refractivity contribution in [3.63, 3.8) is 0 Å². The van der Waals surface area contributed by atoms with Crippen molar-refractivity contribution in [2.24, 2.45) is 0 Å². The largest absolute Gasteiger partial charge is 0.484 e. The number of benzene rings is 2. The number of thiazole rings is 1. The summed E-state index contributed by atoms with van der Waals surface area (Å²) in [6, 6.07) is 13.1. The molecule has 3 rings (SSSR count). The number of nitrogens with one attached hydrogen (secondary N) is 1. The highest BCUT2D eigenvalue weighted by molar-refractivity contribution is 7.22. The minimum atomic E-state index is -0.254. The monoisotopic (exact) mass is 368 g/mol. The van der Waals surface area contributed by atoms with Gasteiger partial charge >= 0.3 is 0 Å². The minimum absolute atomic E-state index is 0. The Morgan fingerprint density at radius 3 is 2.70 bits per heavy atom. The van der Waals surface area contributed by atoms with Crippen molar-refractivity contribution in [1.29, 1.82) is 0 Å². The zero-order valence-corrected chi connectivity index (χ0v) is 14.6. The zero-order chi connectivity index (χ0) is 15.5. The molecular formula is C16H14Cl2N2O2S. The smallest absolute Gasteiger partial charge is 0.264 e. The fraction of sp³-hybridized carbons (Fsp3) is 0.125. The van der Waals surface area contributed by atoms with Crippen LogP contribution in [0.3, 0.4) is 0 Å². The van der Waals surface area contributed by atoms with Crippen LogP contribution >= 0.6 is 35.3 Å². The van der Waals surface area contributed by atoms with Crippen LogP contribution in [0.1, 0.15) is 5.56 Å². The third-order valence-electron chi connectivity index (χ3n) is 3.01. The lowest BCUT2D eigenvalue weighted by Crippen LogP contribution is -2.19. The van der Waals surface area contributed by atoms with E-state index < -0.39 is 0 Å². The highest BCUT2D eigenvalue weighted by Gasteiger charge is 2.10. The number of hydrogen-bond donors (Lipinski definition) is 1. The molecule has 0 aliphatic heterocycles. The van der Waals surface area contributed by atoms with Crippen molar-refractivity contribution in [3.05, 3.63) is 53.1 Å². The summed E-state index contributed by atoms with van der Waals surface area (Å²) in [6.45, 7) is 1.93. The van der Waals surface area contributed by atoms with E-state index in [0.29, 0.717) is 21.4 Å². The number of halogens is 2. The number of aryl methyl sites for hydroxylation is 1. The van der Waals surface area contributed by atoms with E-state index in [1.807, 2.05) is 43.3 Å². The van der Waals surface area contributed by atoms with E-state index in [1.165, 1.54) is 11.3 Å². The molecule has 7 heteroatoms. The molecule has 2 aromatic carbocycles. The lowest BCUT2D eigenvalue weighted by Gasteiger charge is -2.05. The Morgan fingerprint density at radius 2 is 2.00 bits per heavy atom. The molecule has 0 atom stereocenters. The maximum atomic E-state index is 11.9. The van der Waals surface area contributed by atoms with Crippen LogP contribution in [0.2, 0.25) is 5.02 Å². The molecule has 23 heavy (non-hydrogen) atoms. The average Bonchev–Trinajstić information content (AvgIpc) is 2.90. The van der Waals surface area contributed by atoms with Crippen LogP contribution in [0, 0.1) is 6.92 Å². The number of fused-ring (bicyclic) bond motifs is 1. The molecule has 0 unspecified atom stereocenters. The molecule has 1 amide bonds. The summed E-state index contributed by atoms with van der Waals surface area (Å²) in [5, 5.41) is 3.81. The molecule has 4 nitrogen and oxygen atoms in total. The number of aromatic nitrogens is 1. The molecule has 0 radical (unpaired) electrons. The molecule has 3 aromatic rings. The molecular weight excluding hydrogens is 355 g/mol. The fourth-order valence-corrected chi connectivity index (χ4v) is 3.09. The SMILES string of the molecule is Cc1ccc(OCC(=O)Nc2nc3c(Cl)cccc3s2)cc1.Cl. The van der Waals surface area contributed by atoms with Gasteiger partial charge in [0.1, 0.15) is 11.3 Å². The maximum absolute atomic E-state index is 11.9. The van der Waals surface area contributed by atoms with Crippen molar-refractivity contribution in [3.8, 4) is 5.75 Å². The number of rotatable bonds is 4. The molecule has 1 aromatic heterocycles. The number of anilines is 1. The van der Waals surface area contributed by atoms with Crippen LogP contribution < -0.4 is 10.1 Å². The van der Waals surface area contributed by atoms with Gasteiger partial charge in [0.05, 0.1) is 9.72 Å². The van der Waals surface area contributed by atoms with Gasteiger partial charge < -0.3 is 4.74 Å². The Kier molecular flexibility index (Phi) is 5.82. The Hall–Kier alpha value is -1.82. The first kappa shape index (κ1) is 17.5. The molecule has 1 heterocycles. The number of hydrogen-bond acceptors (Lipinski definition) is 4. The van der Waals surface area contributed by atoms with E-state index in [4.69, 9.17) is 16.3 Å². The molecule has 0 aliphatic rings. The van der Waals surface area contributed by atoms with Gasteiger partial charge in [-0.05, 0) is 31.2 Å². The molecule has 0 fully saturated rings. The van der Waals surface area contributed by atoms with Crippen molar-refractivity contribution in [2.75, 3.05) is 11.9 Å². The summed E-state index contributed by atoms with van der Waals surface area (Å²) >= 11 is 7.45. The van der Waals surface area contributed by atoms with Gasteiger partial charge in [0, 0.05) is 0 Å². The molecule has 0 spiro atoms. The van der Waals surface area contributed by atoms with E-state index in [1.54, 1.807) is 6.07 Å². The second-order valence-electron chi connectivity index (χ2n) is 4.76. The first-order valence-corrected chi connectivity index (χ1v) is 7.85. The van der Waals surface area contributed by atoms with E-state index in [0.717, 1.165) is 10.3 Å². The summed E-state index contributed by atoms with van der Waals surface area (Å²) < 4.78 is 6.36. The molecule has 0 saturated carbocycles. The Morgan fingerprint density at radius 1 is 1.26 bits per heavy atom. The van der Waals surface area contributed by atoms with Gasteiger partial charge in [-0.25, -0.2) is 4.98 Å². The van der Waals surface area contributed by atoms with E-state index in [-0.39, 0.29) is 24.9 Å². The molecule has 120 valence electrons. The fourth-order valence-electron chi connectivity index (χ4n) is 1.91. The Labute approximate surface area is 148 Å². The van der Waals surface area contributed by atoms with Gasteiger partial charge in [-0.2, -0.15) is 0 Å². The summed E-state index contributed by atoms with van der Waals surface area (Å²) in [5.41, 5.74) is 1.84. The molecule has 0 saturated heterocycles. The van der Waals surface area contributed by atoms with Crippen LogP contribution in [-0.2, 0) is 4.79 Å². The second-order valence-corrected chi connectivity index (χ2v) is 6.19. The molecule has 0 aliphatic carbocycles. The zero-order valence-electron chi connectivity index (χ0n) is 12.2. The summed E-state index contributed by atoms with van der Waals surface area (Å²) in [4.78, 5) is 16.2. The Balaban J connectivity index is 0.00000192. The lowest BCUT2D eigenvalue weighted by atomic mass is 10.2. The number of ether oxygens (including phenoxy) is 1. The number of amides is 1. The van der Waals surface area contributed by atoms with Crippen molar-refractivity contribution in [1.82, 2.24) is 4.98 Å². The van der Waals surface area contributed by atoms with E-state index in [2.05, 4.69) is 10.3 Å². The van der Waals surface area contributed by atoms with Crippen molar-refractivity contribution >= 4 is 56.6 Å². The van der Waals surface area contributed by atoms with Crippen LogP contribution in [0.25, 0.3) is 10.2 Å². The third-order valence-corrected chi connectivity index (χ3v) is 4.25. The second kappa shape index (κ2) is 7.64. The standard InChI is InChI=1S/C16H13ClN2O2S.ClH/c1-10-5-7-11(8-6-10)21-9-14(20)18-16-19-15-12(17)3-2-4-13(15)22-16;/h2-8H,9H2,1H3,(H,18,19,20);1H. The minimum Gasteiger partial charge on any atom is -0.484 e. The van der Waals surface area contributed by atoms with Gasteiger partial charge in [-0.15, -0.1) is 12.4 Å². The predicted molar refractivity (Wildman–Crippen MR) is 97.2 cm³/mol. The van der Waals surface area contributed by atoms with Crippen LogP contribution in [0.15, 0.2) is 42.5 Å². The number of carbonyl (C=O) groups excluding carboxylic acids is 1. The highest BCUT2D eigenvalue weighted by Crippen LogP contribution is 2.30. The van der Waals surface area contributed by atoms with Gasteiger partial charge in [0.2, 0.25) is 0 Å². The van der Waals surface area contributed by atoms with Gasteiger partial charge in [-0.3, -0.25) is 10.1 Å². The number of carbonyl (C=O) groups is 1. The average molecular weight is 369 g/mol. The normalized spacial score (nSPS) is 10.2. The first-order chi connectivity index (χ1) is 10.6. The highest BCUT2D eigenvalue weighted by atomic mass is 35.5. The van der Waals surface area contributed by atoms with Crippen molar-refractivity contribution in [2.45, 2.75) is 6.92 Å². The summed E-state index contributed by atoms with van der Waals surface area (Å²) in [5.74, 6) is 0.406. The topological polar surface area (TPSA) is 51.2 Å². The van der Waals surface area contributed by atoms with E-state index >= 15 is 0 Å². The van der Waals surface area contributed by atoms with Crippen LogP contribution in [0.4, 0.5) is 5.13 Å². The van der Waals surface area contributed by atoms with Gasteiger partial charge in [0.25, 0.3) is 5.91 Å². The summed E-state index contributed by atoms with van der Waals surface area (Å²) in [7, 11) is 0. The van der Waals surface area contributed by atoms with Crippen molar-refractivity contribution < 1.29 is 9.53 Å². The number of nitrogens with zero attached hydrogens (tertiary/aromatic N) is 1. The Bertz CT molecular complexity index is 819. The summed E-state index contributed by atoms with van der Waals surface area (Å²) in [6.07, 6.45) is 0. The third kappa shape index (κ3) is 4.34. The lowest BCUT2D eigenvalue weighted by molar-refractivity contribution is -0.118. The van der Waals surface area contributed by atoms with Gasteiger partial charge in [-0.1, -0.05) is 46.7 Å². The first-order valence-electron chi connectivity index (χ1n) is 6.66.